The number of anilines is 1. The summed E-state index contributed by atoms with van der Waals surface area (Å²) in [5.41, 5.74) is 1.18. The first-order valence-electron chi connectivity index (χ1n) is 9.81. The summed E-state index contributed by atoms with van der Waals surface area (Å²) >= 11 is 6.18. The fourth-order valence-corrected chi connectivity index (χ4v) is 4.85. The van der Waals surface area contributed by atoms with Gasteiger partial charge in [-0.25, -0.2) is 9.37 Å². The van der Waals surface area contributed by atoms with Crippen LogP contribution in [0.4, 0.5) is 36.4 Å². The van der Waals surface area contributed by atoms with Gasteiger partial charge >= 0.3 is 12.4 Å². The lowest BCUT2D eigenvalue weighted by Gasteiger charge is -2.12. The summed E-state index contributed by atoms with van der Waals surface area (Å²) in [5.74, 6) is -3.11. The molecule has 37 heavy (non-hydrogen) atoms. The fourth-order valence-electron chi connectivity index (χ4n) is 3.49. The number of hydrogen-bond acceptors (Lipinski definition) is 5. The van der Waals surface area contributed by atoms with E-state index in [2.05, 4.69) is 15.4 Å². The molecule has 0 fully saturated rings. The molecule has 0 bridgehead atoms. The van der Waals surface area contributed by atoms with Gasteiger partial charge in [-0.05, 0) is 29.3 Å². The minimum Gasteiger partial charge on any atom is -0.365 e. The fraction of sp³-hybridized carbons (Fsp3) is 0.143. The van der Waals surface area contributed by atoms with Gasteiger partial charge in [-0.3, -0.25) is 14.3 Å². The Hall–Kier alpha value is -3.72. The molecule has 0 aliphatic carbocycles. The first-order chi connectivity index (χ1) is 17.1. The number of fused-ring (bicyclic) bond motifs is 1. The maximum Gasteiger partial charge on any atom is 0.436 e. The number of amides is 2. The summed E-state index contributed by atoms with van der Waals surface area (Å²) in [4.78, 5) is 27.9. The average Bonchev–Trinajstić information content (AvgIpc) is 3.30. The summed E-state index contributed by atoms with van der Waals surface area (Å²) in [5, 5.41) is 4.20. The number of nitrogens with two attached hydrogens (primary N) is 1. The monoisotopic (exact) mass is 565 g/mol. The third-order valence-electron chi connectivity index (χ3n) is 5.04. The van der Waals surface area contributed by atoms with E-state index in [1.807, 2.05) is 0 Å². The third kappa shape index (κ3) is 4.83. The molecule has 0 aliphatic rings. The van der Waals surface area contributed by atoms with Gasteiger partial charge in [0.2, 0.25) is 0 Å². The molecule has 4 aromatic rings. The Morgan fingerprint density at radius 1 is 1.08 bits per heavy atom. The molecule has 0 aliphatic heterocycles. The molecule has 3 aromatic heterocycles. The van der Waals surface area contributed by atoms with Gasteiger partial charge < -0.3 is 11.1 Å². The number of benzene rings is 1. The number of hydrogen-bond donors (Lipinski definition) is 2. The molecule has 4 rings (SSSR count). The van der Waals surface area contributed by atoms with Crippen LogP contribution in [0.5, 0.6) is 0 Å². The van der Waals surface area contributed by atoms with Crippen molar-refractivity contribution in [1.82, 2.24) is 14.8 Å². The molecule has 194 valence electrons. The van der Waals surface area contributed by atoms with E-state index in [0.717, 1.165) is 31.3 Å². The number of carbonyl (C=O) groups excluding carboxylic acids is 2. The number of aryl methyl sites for hydroxylation is 1. The van der Waals surface area contributed by atoms with E-state index in [9.17, 15) is 40.3 Å². The van der Waals surface area contributed by atoms with Crippen LogP contribution in [0.1, 0.15) is 31.5 Å². The molecule has 3 N–H and O–H groups in total. The van der Waals surface area contributed by atoms with E-state index < -0.39 is 62.7 Å². The Morgan fingerprint density at radius 3 is 2.22 bits per heavy atom. The van der Waals surface area contributed by atoms with Crippen LogP contribution in [-0.2, 0) is 19.4 Å². The van der Waals surface area contributed by atoms with Gasteiger partial charge in [-0.2, -0.15) is 31.4 Å². The topological polar surface area (TPSA) is 103 Å². The van der Waals surface area contributed by atoms with E-state index in [0.29, 0.717) is 22.1 Å². The molecule has 0 unspecified atom stereocenters. The van der Waals surface area contributed by atoms with Crippen LogP contribution < -0.4 is 11.1 Å². The minimum atomic E-state index is -4.99. The Balaban J connectivity index is 1.97. The minimum absolute atomic E-state index is 0.0570. The van der Waals surface area contributed by atoms with Gasteiger partial charge in [0.25, 0.3) is 11.8 Å². The van der Waals surface area contributed by atoms with Gasteiger partial charge in [0.1, 0.15) is 31.9 Å². The SMILES string of the molecule is Cn1nc(C(F)(F)F)c(Cl)c1C(=O)Nc1c(C(N)=O)sc2nc(C(F)(F)F)cc(-c3ccc(F)cc3)c12. The largest absolute Gasteiger partial charge is 0.436 e. The second-order valence-corrected chi connectivity index (χ2v) is 8.87. The van der Waals surface area contributed by atoms with E-state index in [1.54, 1.807) is 0 Å². The van der Waals surface area contributed by atoms with Crippen molar-refractivity contribution in [2.45, 2.75) is 12.4 Å². The summed E-state index contributed by atoms with van der Waals surface area (Å²) in [6, 6.07) is 4.89. The second kappa shape index (κ2) is 8.99. The maximum absolute atomic E-state index is 13.6. The number of primary amides is 1. The zero-order valence-corrected chi connectivity index (χ0v) is 19.6. The molecule has 0 saturated carbocycles. The van der Waals surface area contributed by atoms with E-state index >= 15 is 0 Å². The quantitative estimate of drug-likeness (QED) is 0.302. The van der Waals surface area contributed by atoms with E-state index in [4.69, 9.17) is 17.3 Å². The molecular formula is C21H11ClF7N5O2S. The van der Waals surface area contributed by atoms with Gasteiger partial charge in [0.15, 0.2) is 5.69 Å². The van der Waals surface area contributed by atoms with Gasteiger partial charge in [0, 0.05) is 12.4 Å². The molecule has 0 spiro atoms. The van der Waals surface area contributed by atoms with Crippen molar-refractivity contribution < 1.29 is 40.3 Å². The number of thiophene rings is 1. The lowest BCUT2D eigenvalue weighted by atomic mass is 10.0. The van der Waals surface area contributed by atoms with Crippen LogP contribution in [-0.4, -0.2) is 26.6 Å². The molecule has 16 heteroatoms. The van der Waals surface area contributed by atoms with Gasteiger partial charge in [-0.15, -0.1) is 11.3 Å². The third-order valence-corrected chi connectivity index (χ3v) is 6.50. The predicted octanol–water partition coefficient (Wildman–Crippen LogP) is 5.88. The normalized spacial score (nSPS) is 12.2. The van der Waals surface area contributed by atoms with Crippen LogP contribution >= 0.6 is 22.9 Å². The summed E-state index contributed by atoms with van der Waals surface area (Å²) in [7, 11) is 1.01. The summed E-state index contributed by atoms with van der Waals surface area (Å²) < 4.78 is 94.3. The first kappa shape index (κ1) is 26.3. The maximum atomic E-state index is 13.6. The summed E-state index contributed by atoms with van der Waals surface area (Å²) in [6.45, 7) is 0. The molecule has 7 nitrogen and oxygen atoms in total. The highest BCUT2D eigenvalue weighted by Crippen LogP contribution is 2.44. The van der Waals surface area contributed by atoms with Gasteiger partial charge in [0.05, 0.1) is 5.69 Å². The lowest BCUT2D eigenvalue weighted by molar-refractivity contribution is -0.141. The zero-order valence-electron chi connectivity index (χ0n) is 18.1. The number of nitrogens with one attached hydrogen (secondary N) is 1. The van der Waals surface area contributed by atoms with Crippen molar-refractivity contribution in [3.05, 3.63) is 63.1 Å². The Labute approximate surface area is 210 Å². The summed E-state index contributed by atoms with van der Waals surface area (Å²) in [6.07, 6.45) is -9.91. The van der Waals surface area contributed by atoms with Crippen LogP contribution in [0.2, 0.25) is 5.02 Å². The molecule has 2 amide bonds. The molecular weight excluding hydrogens is 555 g/mol. The highest BCUT2D eigenvalue weighted by Gasteiger charge is 2.40. The van der Waals surface area contributed by atoms with Crippen molar-refractivity contribution >= 4 is 50.7 Å². The predicted molar refractivity (Wildman–Crippen MR) is 120 cm³/mol. The molecule has 0 atom stereocenters. The Morgan fingerprint density at radius 2 is 1.70 bits per heavy atom. The van der Waals surface area contributed by atoms with Crippen molar-refractivity contribution in [2.24, 2.45) is 12.8 Å². The average molecular weight is 566 g/mol. The molecule has 3 heterocycles. The van der Waals surface area contributed by atoms with Crippen molar-refractivity contribution in [3.63, 3.8) is 0 Å². The number of halogens is 8. The number of aromatic nitrogens is 3. The van der Waals surface area contributed by atoms with Crippen molar-refractivity contribution in [2.75, 3.05) is 5.32 Å². The number of pyridine rings is 1. The number of alkyl halides is 6. The standard InChI is InChI=1S/C21H11ClF7N5O2S/c1-34-14(12(22)16(33-34)21(27,28)29)18(36)32-13-11-9(7-2-4-8(23)5-3-7)6-10(20(24,25)26)31-19(11)37-15(13)17(30)35/h2-6H,1H3,(H2,30,35)(H,32,36). The van der Waals surface area contributed by atoms with E-state index in [-0.39, 0.29) is 21.3 Å². The Kier molecular flexibility index (Phi) is 6.40. The highest BCUT2D eigenvalue weighted by molar-refractivity contribution is 7.21. The number of nitrogens with zero attached hydrogens (tertiary/aromatic N) is 3. The smallest absolute Gasteiger partial charge is 0.365 e. The molecule has 0 radical (unpaired) electrons. The van der Waals surface area contributed by atoms with Crippen LogP contribution in [0, 0.1) is 5.82 Å². The molecule has 0 saturated heterocycles. The van der Waals surface area contributed by atoms with Crippen molar-refractivity contribution in [1.29, 1.82) is 0 Å². The van der Waals surface area contributed by atoms with Crippen LogP contribution in [0.15, 0.2) is 30.3 Å². The number of rotatable bonds is 4. The highest BCUT2D eigenvalue weighted by atomic mass is 35.5. The Bertz CT molecular complexity index is 1560. The molecule has 1 aromatic carbocycles. The lowest BCUT2D eigenvalue weighted by Crippen LogP contribution is -2.19. The zero-order chi connectivity index (χ0) is 27.4. The van der Waals surface area contributed by atoms with E-state index in [1.165, 1.54) is 0 Å². The van der Waals surface area contributed by atoms with Gasteiger partial charge in [-0.1, -0.05) is 23.7 Å². The first-order valence-corrected chi connectivity index (χ1v) is 11.0. The van der Waals surface area contributed by atoms with Crippen LogP contribution in [0.25, 0.3) is 21.3 Å². The number of carbonyl (C=O) groups is 2. The van der Waals surface area contributed by atoms with Crippen molar-refractivity contribution in [3.8, 4) is 11.1 Å². The second-order valence-electron chi connectivity index (χ2n) is 7.50. The van der Waals surface area contributed by atoms with Crippen LogP contribution in [0.3, 0.4) is 0 Å².